The minimum absolute atomic E-state index is 0.137. The predicted molar refractivity (Wildman–Crippen MR) is 109 cm³/mol. The van der Waals surface area contributed by atoms with Gasteiger partial charge in [-0.2, -0.15) is 0 Å². The summed E-state index contributed by atoms with van der Waals surface area (Å²) in [5, 5.41) is 5.61. The van der Waals surface area contributed by atoms with E-state index in [1.807, 2.05) is 18.2 Å². The average Bonchev–Trinajstić information content (AvgIpc) is 2.75. The Hall–Kier alpha value is -1.92. The van der Waals surface area contributed by atoms with Gasteiger partial charge in [-0.05, 0) is 37.8 Å². The largest absolute Gasteiger partial charge is 0.371 e. The second kappa shape index (κ2) is 11.2. The van der Waals surface area contributed by atoms with Gasteiger partial charge in [-0.3, -0.25) is 14.5 Å². The molecule has 1 atom stereocenters. The van der Waals surface area contributed by atoms with Crippen molar-refractivity contribution < 1.29 is 14.3 Å². The Morgan fingerprint density at radius 2 is 1.82 bits per heavy atom. The van der Waals surface area contributed by atoms with E-state index in [1.165, 1.54) is 12.0 Å². The maximum Gasteiger partial charge on any atom is 0.309 e. The summed E-state index contributed by atoms with van der Waals surface area (Å²) >= 11 is 0. The summed E-state index contributed by atoms with van der Waals surface area (Å²) in [7, 11) is 0. The van der Waals surface area contributed by atoms with Gasteiger partial charge in [0.1, 0.15) is 0 Å². The molecule has 0 unspecified atom stereocenters. The molecular formula is C22H33N3O3. The standard InChI is InChI=1S/C22H33N3O3/c26-21(22(27)24-19-11-5-2-6-12-19)23-13-7-8-14-25-15-16-28-20(17-25)18-9-3-1-4-10-18/h1,3-4,9-10,19-20H,2,5-8,11-17H2,(H,23,26)(H,24,27)/t20-/m0/s1. The molecular weight excluding hydrogens is 354 g/mol. The normalized spacial score (nSPS) is 21.2. The number of benzene rings is 1. The molecule has 3 rings (SSSR count). The van der Waals surface area contributed by atoms with Crippen LogP contribution in [0, 0.1) is 0 Å². The third-order valence-corrected chi connectivity index (χ3v) is 5.66. The highest BCUT2D eigenvalue weighted by atomic mass is 16.5. The Morgan fingerprint density at radius 3 is 2.61 bits per heavy atom. The van der Waals surface area contributed by atoms with Crippen LogP contribution in [0.3, 0.4) is 0 Å². The Labute approximate surface area is 168 Å². The van der Waals surface area contributed by atoms with Gasteiger partial charge in [0, 0.05) is 25.7 Å². The summed E-state index contributed by atoms with van der Waals surface area (Å²) in [6.45, 7) is 4.12. The Morgan fingerprint density at radius 1 is 1.04 bits per heavy atom. The lowest BCUT2D eigenvalue weighted by atomic mass is 9.95. The molecule has 0 spiro atoms. The molecule has 28 heavy (non-hydrogen) atoms. The molecule has 1 aromatic rings. The van der Waals surface area contributed by atoms with Crippen LogP contribution in [-0.2, 0) is 14.3 Å². The maximum atomic E-state index is 11.9. The molecule has 1 aliphatic heterocycles. The van der Waals surface area contributed by atoms with Gasteiger partial charge in [0.15, 0.2) is 0 Å². The van der Waals surface area contributed by atoms with E-state index in [9.17, 15) is 9.59 Å². The van der Waals surface area contributed by atoms with Gasteiger partial charge < -0.3 is 15.4 Å². The highest BCUT2D eigenvalue weighted by molar-refractivity contribution is 6.35. The fourth-order valence-corrected chi connectivity index (χ4v) is 4.02. The zero-order chi connectivity index (χ0) is 19.6. The molecule has 2 N–H and O–H groups in total. The van der Waals surface area contributed by atoms with E-state index in [2.05, 4.69) is 27.7 Å². The number of nitrogens with one attached hydrogen (secondary N) is 2. The number of amides is 2. The number of rotatable bonds is 7. The monoisotopic (exact) mass is 387 g/mol. The van der Waals surface area contributed by atoms with Crippen LogP contribution in [0.1, 0.15) is 56.6 Å². The summed E-state index contributed by atoms with van der Waals surface area (Å²) in [6.07, 6.45) is 7.48. The first-order chi connectivity index (χ1) is 13.7. The molecule has 6 nitrogen and oxygen atoms in total. The second-order valence-electron chi connectivity index (χ2n) is 7.84. The lowest BCUT2D eigenvalue weighted by Crippen LogP contribution is -2.45. The molecule has 154 valence electrons. The summed E-state index contributed by atoms with van der Waals surface area (Å²) in [5.74, 6) is -0.980. The van der Waals surface area contributed by atoms with Gasteiger partial charge >= 0.3 is 11.8 Å². The van der Waals surface area contributed by atoms with Crippen LogP contribution >= 0.6 is 0 Å². The van der Waals surface area contributed by atoms with Crippen molar-refractivity contribution in [2.45, 2.75) is 57.1 Å². The summed E-state index contributed by atoms with van der Waals surface area (Å²) in [5.41, 5.74) is 1.23. The number of carbonyl (C=O) groups is 2. The van der Waals surface area contributed by atoms with Gasteiger partial charge in [0.25, 0.3) is 0 Å². The lowest BCUT2D eigenvalue weighted by Gasteiger charge is -2.33. The van der Waals surface area contributed by atoms with Gasteiger partial charge in [0.2, 0.25) is 0 Å². The van der Waals surface area contributed by atoms with E-state index in [1.54, 1.807) is 0 Å². The van der Waals surface area contributed by atoms with Crippen LogP contribution in [-0.4, -0.2) is 55.5 Å². The molecule has 1 heterocycles. The van der Waals surface area contributed by atoms with E-state index < -0.39 is 11.8 Å². The van der Waals surface area contributed by atoms with Crippen LogP contribution in [0.15, 0.2) is 30.3 Å². The first kappa shape index (κ1) is 20.8. The van der Waals surface area contributed by atoms with Crippen molar-refractivity contribution in [1.82, 2.24) is 15.5 Å². The van der Waals surface area contributed by atoms with E-state index in [0.717, 1.165) is 64.8 Å². The molecule has 1 saturated heterocycles. The fourth-order valence-electron chi connectivity index (χ4n) is 4.02. The molecule has 2 amide bonds. The molecule has 2 fully saturated rings. The average molecular weight is 388 g/mol. The number of morpholine rings is 1. The topological polar surface area (TPSA) is 70.7 Å². The van der Waals surface area contributed by atoms with Crippen molar-refractivity contribution in [3.63, 3.8) is 0 Å². The number of hydrogen-bond acceptors (Lipinski definition) is 4. The van der Waals surface area contributed by atoms with Crippen molar-refractivity contribution >= 4 is 11.8 Å². The zero-order valence-electron chi connectivity index (χ0n) is 16.7. The Balaban J connectivity index is 1.28. The van der Waals surface area contributed by atoms with E-state index >= 15 is 0 Å². The van der Waals surface area contributed by atoms with Gasteiger partial charge in [-0.15, -0.1) is 0 Å². The van der Waals surface area contributed by atoms with E-state index in [-0.39, 0.29) is 12.1 Å². The van der Waals surface area contributed by atoms with E-state index in [4.69, 9.17) is 4.74 Å². The summed E-state index contributed by atoms with van der Waals surface area (Å²) in [6, 6.07) is 10.5. The number of hydrogen-bond donors (Lipinski definition) is 2. The third kappa shape index (κ3) is 6.60. The predicted octanol–water partition coefficient (Wildman–Crippen LogP) is 2.41. The highest BCUT2D eigenvalue weighted by Gasteiger charge is 2.22. The third-order valence-electron chi connectivity index (χ3n) is 5.66. The quantitative estimate of drug-likeness (QED) is 0.557. The van der Waals surface area contributed by atoms with Crippen molar-refractivity contribution in [1.29, 1.82) is 0 Å². The summed E-state index contributed by atoms with van der Waals surface area (Å²) in [4.78, 5) is 26.3. The lowest BCUT2D eigenvalue weighted by molar-refractivity contribution is -0.139. The smallest absolute Gasteiger partial charge is 0.309 e. The van der Waals surface area contributed by atoms with Crippen LogP contribution in [0.5, 0.6) is 0 Å². The van der Waals surface area contributed by atoms with Crippen molar-refractivity contribution in [3.05, 3.63) is 35.9 Å². The highest BCUT2D eigenvalue weighted by Crippen LogP contribution is 2.22. The number of ether oxygens (including phenoxy) is 1. The van der Waals surface area contributed by atoms with Crippen molar-refractivity contribution in [2.75, 3.05) is 32.8 Å². The first-order valence-electron chi connectivity index (χ1n) is 10.7. The van der Waals surface area contributed by atoms with E-state index in [0.29, 0.717) is 6.54 Å². The molecule has 1 aromatic carbocycles. The SMILES string of the molecule is O=C(NCCCCN1CCO[C@H](c2ccccc2)C1)C(=O)NC1CCCCC1. The molecule has 2 aliphatic rings. The van der Waals surface area contributed by atoms with Crippen molar-refractivity contribution in [3.8, 4) is 0 Å². The van der Waals surface area contributed by atoms with Gasteiger partial charge in [0.05, 0.1) is 12.7 Å². The number of nitrogens with zero attached hydrogens (tertiary/aromatic N) is 1. The Kier molecular flexibility index (Phi) is 8.30. The van der Waals surface area contributed by atoms with Crippen LogP contribution in [0.25, 0.3) is 0 Å². The van der Waals surface area contributed by atoms with Crippen LogP contribution in [0.2, 0.25) is 0 Å². The molecule has 1 saturated carbocycles. The van der Waals surface area contributed by atoms with Crippen molar-refractivity contribution in [2.24, 2.45) is 0 Å². The first-order valence-corrected chi connectivity index (χ1v) is 10.7. The fraction of sp³-hybridized carbons (Fsp3) is 0.636. The summed E-state index contributed by atoms with van der Waals surface area (Å²) < 4.78 is 5.90. The van der Waals surface area contributed by atoms with Gasteiger partial charge in [-0.25, -0.2) is 0 Å². The molecule has 0 aromatic heterocycles. The van der Waals surface area contributed by atoms with Crippen LogP contribution in [0.4, 0.5) is 0 Å². The van der Waals surface area contributed by atoms with Crippen LogP contribution < -0.4 is 10.6 Å². The molecule has 0 radical (unpaired) electrons. The van der Waals surface area contributed by atoms with Gasteiger partial charge in [-0.1, -0.05) is 49.6 Å². The molecule has 1 aliphatic carbocycles. The second-order valence-corrected chi connectivity index (χ2v) is 7.84. The minimum Gasteiger partial charge on any atom is -0.371 e. The number of unbranched alkanes of at least 4 members (excludes halogenated alkanes) is 1. The Bertz CT molecular complexity index is 617. The number of carbonyl (C=O) groups excluding carboxylic acids is 2. The molecule has 0 bridgehead atoms. The maximum absolute atomic E-state index is 11.9. The minimum atomic E-state index is -0.499. The zero-order valence-corrected chi connectivity index (χ0v) is 16.7. The molecule has 6 heteroatoms.